The van der Waals surface area contributed by atoms with Crippen molar-refractivity contribution >= 4 is 34.1 Å². The molecule has 0 unspecified atom stereocenters. The summed E-state index contributed by atoms with van der Waals surface area (Å²) >= 11 is 1.64. The zero-order valence-electron chi connectivity index (χ0n) is 16.1. The van der Waals surface area contributed by atoms with Gasteiger partial charge in [0.05, 0.1) is 30.2 Å². The van der Waals surface area contributed by atoms with Crippen LogP contribution in [0.5, 0.6) is 0 Å². The summed E-state index contributed by atoms with van der Waals surface area (Å²) in [6.45, 7) is 1.22. The Morgan fingerprint density at radius 1 is 1.13 bits per heavy atom. The van der Waals surface area contributed by atoms with Crippen LogP contribution in [0.4, 0.5) is 19.0 Å². The summed E-state index contributed by atoms with van der Waals surface area (Å²) in [5, 5.41) is 13.0. The molecule has 7 nitrogen and oxygen atoms in total. The second-order valence-electron chi connectivity index (χ2n) is 6.59. The van der Waals surface area contributed by atoms with E-state index in [4.69, 9.17) is 0 Å². The molecule has 3 aromatic heterocycles. The van der Waals surface area contributed by atoms with Crippen LogP contribution in [0.3, 0.4) is 0 Å². The Morgan fingerprint density at radius 2 is 1.94 bits per heavy atom. The molecule has 11 heteroatoms. The lowest BCUT2D eigenvalue weighted by Crippen LogP contribution is -2.27. The molecule has 4 aromatic rings. The molecular formula is C20H17F3N6OS. The van der Waals surface area contributed by atoms with Gasteiger partial charge in [0.1, 0.15) is 12.1 Å². The van der Waals surface area contributed by atoms with E-state index in [1.165, 1.54) is 11.2 Å². The van der Waals surface area contributed by atoms with Gasteiger partial charge in [-0.15, -0.1) is 11.3 Å². The average molecular weight is 446 g/mol. The minimum Gasteiger partial charge on any atom is -0.364 e. The third kappa shape index (κ3) is 4.82. The van der Waals surface area contributed by atoms with Crippen LogP contribution in [0.25, 0.3) is 11.0 Å². The highest BCUT2D eigenvalue weighted by Gasteiger charge is 2.30. The number of hydrogen-bond donors (Lipinski definition) is 2. The molecule has 0 atom stereocenters. The summed E-state index contributed by atoms with van der Waals surface area (Å²) in [4.78, 5) is 21.9. The van der Waals surface area contributed by atoms with E-state index in [1.807, 2.05) is 17.5 Å². The number of aromatic nitrogens is 4. The van der Waals surface area contributed by atoms with Crippen LogP contribution in [-0.4, -0.2) is 32.2 Å². The number of carbonyl (C=O) groups is 1. The molecule has 0 aliphatic carbocycles. The van der Waals surface area contributed by atoms with Crippen molar-refractivity contribution in [2.24, 2.45) is 0 Å². The Bertz CT molecular complexity index is 1170. The van der Waals surface area contributed by atoms with Gasteiger partial charge >= 0.3 is 6.18 Å². The number of nitrogens with zero attached hydrogens (tertiary/aromatic N) is 4. The highest BCUT2D eigenvalue weighted by atomic mass is 32.1. The van der Waals surface area contributed by atoms with Crippen LogP contribution >= 0.6 is 11.3 Å². The Hall–Kier alpha value is -3.47. The smallest absolute Gasteiger partial charge is 0.364 e. The van der Waals surface area contributed by atoms with Crippen molar-refractivity contribution in [1.82, 2.24) is 25.1 Å². The molecule has 0 saturated carbocycles. The minimum atomic E-state index is -4.44. The number of amides is 1. The molecule has 1 amide bonds. The van der Waals surface area contributed by atoms with Gasteiger partial charge in [0.2, 0.25) is 0 Å². The summed E-state index contributed by atoms with van der Waals surface area (Å²) < 4.78 is 39.5. The Balaban J connectivity index is 1.37. The van der Waals surface area contributed by atoms with E-state index in [2.05, 4.69) is 25.7 Å². The second-order valence-corrected chi connectivity index (χ2v) is 7.62. The molecule has 3 heterocycles. The SMILES string of the molecule is O=C(NCCn1ncc2c(NCc3cccs3)ncnc21)c1ccc(C(F)(F)F)cc1. The maximum Gasteiger partial charge on any atom is 0.416 e. The summed E-state index contributed by atoms with van der Waals surface area (Å²) in [5.74, 6) is 0.205. The van der Waals surface area contributed by atoms with Crippen molar-refractivity contribution in [3.8, 4) is 0 Å². The number of halogens is 3. The number of nitrogens with one attached hydrogen (secondary N) is 2. The Kier molecular flexibility index (Phi) is 5.85. The summed E-state index contributed by atoms with van der Waals surface area (Å²) in [7, 11) is 0. The van der Waals surface area contributed by atoms with Crippen LogP contribution in [0.15, 0.2) is 54.3 Å². The van der Waals surface area contributed by atoms with Crippen molar-refractivity contribution in [2.75, 3.05) is 11.9 Å². The van der Waals surface area contributed by atoms with Crippen molar-refractivity contribution in [2.45, 2.75) is 19.3 Å². The Labute approximate surface area is 178 Å². The van der Waals surface area contributed by atoms with E-state index in [0.717, 1.165) is 29.7 Å². The minimum absolute atomic E-state index is 0.153. The third-order valence-electron chi connectivity index (χ3n) is 4.53. The van der Waals surface area contributed by atoms with Gasteiger partial charge in [-0.1, -0.05) is 6.07 Å². The zero-order chi connectivity index (χ0) is 21.8. The van der Waals surface area contributed by atoms with Gasteiger partial charge in [-0.25, -0.2) is 14.6 Å². The molecule has 4 rings (SSSR count). The molecule has 2 N–H and O–H groups in total. The second kappa shape index (κ2) is 8.72. The first-order chi connectivity index (χ1) is 14.9. The molecule has 1 aromatic carbocycles. The van der Waals surface area contributed by atoms with Crippen molar-refractivity contribution < 1.29 is 18.0 Å². The molecule has 0 radical (unpaired) electrons. The van der Waals surface area contributed by atoms with E-state index in [1.54, 1.807) is 22.2 Å². The standard InChI is InChI=1S/C20H17F3N6OS/c21-20(22,23)14-5-3-13(4-6-14)19(30)24-7-8-29-18-16(11-28-29)17(26-12-27-18)25-10-15-2-1-9-31-15/h1-6,9,11-12H,7-8,10H2,(H,24,30)(H,25,26,27). The lowest BCUT2D eigenvalue weighted by Gasteiger charge is -2.09. The molecule has 0 bridgehead atoms. The van der Waals surface area contributed by atoms with E-state index in [-0.39, 0.29) is 12.1 Å². The number of carbonyl (C=O) groups excluding carboxylic acids is 1. The van der Waals surface area contributed by atoms with Crippen molar-refractivity contribution in [3.05, 3.63) is 70.3 Å². The number of alkyl halides is 3. The zero-order valence-corrected chi connectivity index (χ0v) is 16.9. The number of hydrogen-bond acceptors (Lipinski definition) is 6. The lowest BCUT2D eigenvalue weighted by atomic mass is 10.1. The molecule has 31 heavy (non-hydrogen) atoms. The van der Waals surface area contributed by atoms with Crippen molar-refractivity contribution in [1.29, 1.82) is 0 Å². The highest BCUT2D eigenvalue weighted by Crippen LogP contribution is 2.29. The summed E-state index contributed by atoms with van der Waals surface area (Å²) in [6, 6.07) is 8.09. The molecule has 0 aliphatic rings. The highest BCUT2D eigenvalue weighted by molar-refractivity contribution is 7.09. The predicted molar refractivity (Wildman–Crippen MR) is 111 cm³/mol. The fourth-order valence-electron chi connectivity index (χ4n) is 2.97. The Morgan fingerprint density at radius 3 is 2.65 bits per heavy atom. The number of rotatable bonds is 7. The van der Waals surface area contributed by atoms with Crippen LogP contribution in [0.1, 0.15) is 20.8 Å². The molecule has 0 spiro atoms. The normalized spacial score (nSPS) is 11.6. The molecule has 160 valence electrons. The molecule has 0 fully saturated rings. The van der Waals surface area contributed by atoms with Crippen LogP contribution in [0, 0.1) is 0 Å². The van der Waals surface area contributed by atoms with E-state index < -0.39 is 17.6 Å². The number of thiophene rings is 1. The van der Waals surface area contributed by atoms with Crippen LogP contribution < -0.4 is 10.6 Å². The van der Waals surface area contributed by atoms with Gasteiger partial charge in [-0.05, 0) is 35.7 Å². The topological polar surface area (TPSA) is 84.7 Å². The predicted octanol–water partition coefficient (Wildman–Crippen LogP) is 3.95. The maximum atomic E-state index is 12.6. The van der Waals surface area contributed by atoms with Gasteiger partial charge in [-0.3, -0.25) is 4.79 Å². The molecule has 0 aliphatic heterocycles. The third-order valence-corrected chi connectivity index (χ3v) is 5.40. The van der Waals surface area contributed by atoms with Gasteiger partial charge in [-0.2, -0.15) is 18.3 Å². The van der Waals surface area contributed by atoms with Gasteiger partial charge in [0.25, 0.3) is 5.91 Å². The largest absolute Gasteiger partial charge is 0.416 e. The van der Waals surface area contributed by atoms with Gasteiger partial charge < -0.3 is 10.6 Å². The molecular weight excluding hydrogens is 429 g/mol. The first kappa shape index (κ1) is 20.8. The maximum absolute atomic E-state index is 12.6. The molecule has 0 saturated heterocycles. The van der Waals surface area contributed by atoms with E-state index in [0.29, 0.717) is 24.6 Å². The van der Waals surface area contributed by atoms with E-state index >= 15 is 0 Å². The first-order valence-electron chi connectivity index (χ1n) is 9.30. The number of fused-ring (bicyclic) bond motifs is 1. The average Bonchev–Trinajstić information content (AvgIpc) is 3.42. The van der Waals surface area contributed by atoms with Crippen molar-refractivity contribution in [3.63, 3.8) is 0 Å². The first-order valence-corrected chi connectivity index (χ1v) is 10.2. The fraction of sp³-hybridized carbons (Fsp3) is 0.200. The summed E-state index contributed by atoms with van der Waals surface area (Å²) in [6.07, 6.45) is -1.34. The monoisotopic (exact) mass is 446 g/mol. The number of benzene rings is 1. The number of anilines is 1. The fourth-order valence-corrected chi connectivity index (χ4v) is 3.61. The quantitative estimate of drug-likeness (QED) is 0.449. The van der Waals surface area contributed by atoms with Crippen LogP contribution in [0.2, 0.25) is 0 Å². The lowest BCUT2D eigenvalue weighted by molar-refractivity contribution is -0.137. The van der Waals surface area contributed by atoms with E-state index in [9.17, 15) is 18.0 Å². The summed E-state index contributed by atoms with van der Waals surface area (Å²) in [5.41, 5.74) is -0.0246. The van der Waals surface area contributed by atoms with Gasteiger partial charge in [0, 0.05) is 17.0 Å². The van der Waals surface area contributed by atoms with Gasteiger partial charge in [0.15, 0.2) is 5.65 Å². The van der Waals surface area contributed by atoms with Crippen LogP contribution in [-0.2, 0) is 19.3 Å².